The largest absolute Gasteiger partial charge is 0.312 e. The molecule has 1 aromatic carbocycles. The molecule has 5 heteroatoms. The normalized spacial score (nSPS) is 24.6. The molecule has 1 aliphatic rings. The van der Waals surface area contributed by atoms with Gasteiger partial charge in [0.05, 0.1) is 0 Å². The lowest BCUT2D eigenvalue weighted by Gasteiger charge is -2.36. The molecule has 1 heterocycles. The highest BCUT2D eigenvalue weighted by Crippen LogP contribution is 2.41. The first kappa shape index (κ1) is 16.1. The lowest BCUT2D eigenvalue weighted by Crippen LogP contribution is -2.37. The van der Waals surface area contributed by atoms with Crippen molar-refractivity contribution in [2.75, 3.05) is 18.6 Å². The number of thioether (sulfide) groups is 2. The Morgan fingerprint density at radius 2 is 1.95 bits per heavy atom. The molecule has 1 nitrogen and oxygen atoms in total. The van der Waals surface area contributed by atoms with E-state index in [1.165, 1.54) is 0 Å². The van der Waals surface area contributed by atoms with Gasteiger partial charge < -0.3 is 5.32 Å². The van der Waals surface area contributed by atoms with Gasteiger partial charge in [-0.15, -0.1) is 0 Å². The molecule has 3 atom stereocenters. The quantitative estimate of drug-likeness (QED) is 0.895. The van der Waals surface area contributed by atoms with Gasteiger partial charge in [-0.25, -0.2) is 8.78 Å². The third-order valence-electron chi connectivity index (χ3n) is 3.77. The summed E-state index contributed by atoms with van der Waals surface area (Å²) in [5.74, 6) is 0.792. The minimum absolute atomic E-state index is 0.146. The van der Waals surface area contributed by atoms with E-state index in [-0.39, 0.29) is 11.3 Å². The third-order valence-corrected chi connectivity index (χ3v) is 7.12. The SMILES string of the molecule is CCC1SCCSC1C(NC)c1ccc(C)c(F)c1F. The second-order valence-electron chi connectivity index (χ2n) is 5.02. The number of hydrogen-bond donors (Lipinski definition) is 1. The van der Waals surface area contributed by atoms with Crippen LogP contribution in [0.25, 0.3) is 0 Å². The van der Waals surface area contributed by atoms with Crippen LogP contribution in [-0.4, -0.2) is 29.1 Å². The minimum Gasteiger partial charge on any atom is -0.312 e. The molecule has 3 unspecified atom stereocenters. The molecule has 1 N–H and O–H groups in total. The predicted octanol–water partition coefficient (Wildman–Crippen LogP) is 4.16. The zero-order valence-corrected chi connectivity index (χ0v) is 13.7. The number of aryl methyl sites for hydroxylation is 1. The van der Waals surface area contributed by atoms with Gasteiger partial charge in [0, 0.05) is 33.6 Å². The van der Waals surface area contributed by atoms with Crippen LogP contribution in [0.4, 0.5) is 8.78 Å². The Bertz CT molecular complexity index is 467. The molecular formula is C15H21F2NS2. The van der Waals surface area contributed by atoms with Gasteiger partial charge in [-0.3, -0.25) is 0 Å². The maximum absolute atomic E-state index is 14.3. The summed E-state index contributed by atoms with van der Waals surface area (Å²) in [7, 11) is 1.83. The smallest absolute Gasteiger partial charge is 0.163 e. The molecule has 0 amide bonds. The highest BCUT2D eigenvalue weighted by molar-refractivity contribution is 8.07. The van der Waals surface area contributed by atoms with Gasteiger partial charge in [0.25, 0.3) is 0 Å². The Labute approximate surface area is 128 Å². The van der Waals surface area contributed by atoms with E-state index in [4.69, 9.17) is 0 Å². The van der Waals surface area contributed by atoms with Crippen molar-refractivity contribution in [1.29, 1.82) is 0 Å². The third kappa shape index (κ3) is 3.15. The molecule has 1 aliphatic heterocycles. The van der Waals surface area contributed by atoms with Crippen LogP contribution < -0.4 is 5.32 Å². The van der Waals surface area contributed by atoms with Crippen molar-refractivity contribution >= 4 is 23.5 Å². The summed E-state index contributed by atoms with van der Waals surface area (Å²) < 4.78 is 28.1. The van der Waals surface area contributed by atoms with Crippen LogP contribution in [0.2, 0.25) is 0 Å². The van der Waals surface area contributed by atoms with Gasteiger partial charge in [-0.2, -0.15) is 23.5 Å². The van der Waals surface area contributed by atoms with Crippen LogP contribution in [0.3, 0.4) is 0 Å². The number of hydrogen-bond acceptors (Lipinski definition) is 3. The van der Waals surface area contributed by atoms with E-state index in [0.717, 1.165) is 17.9 Å². The van der Waals surface area contributed by atoms with Crippen LogP contribution in [0.5, 0.6) is 0 Å². The van der Waals surface area contributed by atoms with Gasteiger partial charge in [0.15, 0.2) is 11.6 Å². The number of rotatable bonds is 4. The second-order valence-corrected chi connectivity index (χ2v) is 7.65. The first-order chi connectivity index (χ1) is 9.60. The monoisotopic (exact) mass is 317 g/mol. The second kappa shape index (κ2) is 7.14. The number of halogens is 2. The lowest BCUT2D eigenvalue weighted by molar-refractivity contribution is 0.460. The van der Waals surface area contributed by atoms with Crippen molar-refractivity contribution in [3.05, 3.63) is 34.9 Å². The summed E-state index contributed by atoms with van der Waals surface area (Å²) in [5.41, 5.74) is 0.813. The molecule has 0 aliphatic carbocycles. The van der Waals surface area contributed by atoms with E-state index in [1.54, 1.807) is 19.1 Å². The Morgan fingerprint density at radius 3 is 2.60 bits per heavy atom. The Morgan fingerprint density at radius 1 is 1.25 bits per heavy atom. The zero-order chi connectivity index (χ0) is 14.7. The van der Waals surface area contributed by atoms with Crippen molar-refractivity contribution in [1.82, 2.24) is 5.32 Å². The van der Waals surface area contributed by atoms with E-state index < -0.39 is 11.6 Å². The average molecular weight is 317 g/mol. The maximum atomic E-state index is 14.3. The van der Waals surface area contributed by atoms with Crippen molar-refractivity contribution < 1.29 is 8.78 Å². The Balaban J connectivity index is 2.34. The molecular weight excluding hydrogens is 296 g/mol. The Hall–Kier alpha value is -0.260. The van der Waals surface area contributed by atoms with Gasteiger partial charge in [-0.05, 0) is 26.0 Å². The van der Waals surface area contributed by atoms with Crippen LogP contribution in [0, 0.1) is 18.6 Å². The molecule has 1 saturated heterocycles. The molecule has 0 bridgehead atoms. The standard InChI is InChI=1S/C15H21F2NS2/c1-4-11-15(20-8-7-19-11)14(18-3)10-6-5-9(2)12(16)13(10)17/h5-6,11,14-15,18H,4,7-8H2,1-3H3. The molecule has 0 aromatic heterocycles. The first-order valence-electron chi connectivity index (χ1n) is 6.95. The van der Waals surface area contributed by atoms with Crippen LogP contribution in [-0.2, 0) is 0 Å². The lowest BCUT2D eigenvalue weighted by atomic mass is 9.98. The van der Waals surface area contributed by atoms with Gasteiger partial charge in [-0.1, -0.05) is 19.1 Å². The van der Waals surface area contributed by atoms with E-state index in [1.807, 2.05) is 30.6 Å². The van der Waals surface area contributed by atoms with Crippen LogP contribution >= 0.6 is 23.5 Å². The summed E-state index contributed by atoms with van der Waals surface area (Å²) in [5, 5.41) is 3.96. The van der Waals surface area contributed by atoms with Crippen LogP contribution in [0.1, 0.15) is 30.5 Å². The summed E-state index contributed by atoms with van der Waals surface area (Å²) >= 11 is 3.82. The fourth-order valence-corrected chi connectivity index (χ4v) is 5.93. The fraction of sp³-hybridized carbons (Fsp3) is 0.600. The predicted molar refractivity (Wildman–Crippen MR) is 85.7 cm³/mol. The van der Waals surface area contributed by atoms with Crippen molar-refractivity contribution in [2.24, 2.45) is 0 Å². The van der Waals surface area contributed by atoms with Gasteiger partial charge in [0.1, 0.15) is 0 Å². The molecule has 20 heavy (non-hydrogen) atoms. The van der Waals surface area contributed by atoms with E-state index >= 15 is 0 Å². The Kier molecular flexibility index (Phi) is 5.75. The molecule has 0 spiro atoms. The molecule has 0 radical (unpaired) electrons. The van der Waals surface area contributed by atoms with E-state index in [2.05, 4.69) is 12.2 Å². The molecule has 1 aromatic rings. The summed E-state index contributed by atoms with van der Waals surface area (Å²) in [4.78, 5) is 0. The molecule has 2 rings (SSSR count). The van der Waals surface area contributed by atoms with E-state index in [0.29, 0.717) is 16.4 Å². The molecule has 112 valence electrons. The summed E-state index contributed by atoms with van der Waals surface area (Å²) in [6.45, 7) is 3.76. The van der Waals surface area contributed by atoms with Crippen LogP contribution in [0.15, 0.2) is 12.1 Å². The summed E-state index contributed by atoms with van der Waals surface area (Å²) in [6.07, 6.45) is 1.05. The highest BCUT2D eigenvalue weighted by Gasteiger charge is 2.34. The maximum Gasteiger partial charge on any atom is 0.163 e. The van der Waals surface area contributed by atoms with Crippen molar-refractivity contribution in [3.63, 3.8) is 0 Å². The van der Waals surface area contributed by atoms with Gasteiger partial charge >= 0.3 is 0 Å². The van der Waals surface area contributed by atoms with Crippen molar-refractivity contribution in [3.8, 4) is 0 Å². The molecule has 0 saturated carbocycles. The minimum atomic E-state index is -0.718. The molecule has 1 fully saturated rings. The zero-order valence-electron chi connectivity index (χ0n) is 12.1. The topological polar surface area (TPSA) is 12.0 Å². The highest BCUT2D eigenvalue weighted by atomic mass is 32.2. The van der Waals surface area contributed by atoms with Gasteiger partial charge in [0.2, 0.25) is 0 Å². The average Bonchev–Trinajstić information content (AvgIpc) is 2.48. The summed E-state index contributed by atoms with van der Waals surface area (Å²) in [6, 6.07) is 3.24. The fourth-order valence-electron chi connectivity index (χ4n) is 2.64. The number of benzene rings is 1. The first-order valence-corrected chi connectivity index (χ1v) is 9.04. The number of nitrogens with one attached hydrogen (secondary N) is 1. The van der Waals surface area contributed by atoms with Crippen molar-refractivity contribution in [2.45, 2.75) is 36.8 Å². The van der Waals surface area contributed by atoms with E-state index in [9.17, 15) is 8.78 Å².